The highest BCUT2D eigenvalue weighted by molar-refractivity contribution is 5.96. The average molecular weight is 423 g/mol. The summed E-state index contributed by atoms with van der Waals surface area (Å²) in [5.41, 5.74) is 0.673. The van der Waals surface area contributed by atoms with Gasteiger partial charge in [0.1, 0.15) is 13.2 Å². The molecule has 6 heteroatoms. The second-order valence-corrected chi connectivity index (χ2v) is 7.49. The Morgan fingerprint density at radius 3 is 1.87 bits per heavy atom. The molecule has 1 aliphatic rings. The van der Waals surface area contributed by atoms with Crippen LogP contribution in [0.15, 0.2) is 18.2 Å². The molecular weight excluding hydrogens is 384 g/mol. The molecule has 1 heterocycles. The molecule has 0 aliphatic carbocycles. The van der Waals surface area contributed by atoms with Gasteiger partial charge in [-0.1, -0.05) is 45.4 Å². The lowest BCUT2D eigenvalue weighted by molar-refractivity contribution is 0.00708. The Hall–Kier alpha value is -1.63. The number of carbonyl (C=O) groups excluding carboxylic acids is 1. The van der Waals surface area contributed by atoms with Gasteiger partial charge in [0, 0.05) is 12.0 Å². The highest BCUT2D eigenvalue weighted by Gasteiger charge is 2.12. The fraction of sp³-hybridized carbons (Fsp3) is 0.708. The minimum Gasteiger partial charge on any atom is -0.487 e. The van der Waals surface area contributed by atoms with Crippen molar-refractivity contribution >= 4 is 5.78 Å². The van der Waals surface area contributed by atoms with Crippen molar-refractivity contribution in [3.05, 3.63) is 23.8 Å². The summed E-state index contributed by atoms with van der Waals surface area (Å²) in [7, 11) is 0. The SMILES string of the molecule is CCCCCCCCCC(=O)c1ccc2c(c1)OCCOCCOCCOCCO2. The maximum Gasteiger partial charge on any atom is 0.163 e. The lowest BCUT2D eigenvalue weighted by atomic mass is 10.0. The van der Waals surface area contributed by atoms with Crippen LogP contribution in [0.2, 0.25) is 0 Å². The number of rotatable bonds is 9. The van der Waals surface area contributed by atoms with Gasteiger partial charge < -0.3 is 23.7 Å². The van der Waals surface area contributed by atoms with Crippen LogP contribution >= 0.6 is 0 Å². The molecule has 1 aromatic rings. The van der Waals surface area contributed by atoms with E-state index < -0.39 is 0 Å². The monoisotopic (exact) mass is 422 g/mol. The van der Waals surface area contributed by atoms with Crippen molar-refractivity contribution in [2.75, 3.05) is 52.9 Å². The molecule has 6 nitrogen and oxygen atoms in total. The van der Waals surface area contributed by atoms with Gasteiger partial charge in [0.15, 0.2) is 17.3 Å². The second kappa shape index (κ2) is 16.1. The largest absolute Gasteiger partial charge is 0.487 e. The molecule has 0 radical (unpaired) electrons. The molecule has 170 valence electrons. The van der Waals surface area contributed by atoms with Crippen LogP contribution in [0.4, 0.5) is 0 Å². The van der Waals surface area contributed by atoms with E-state index in [1.165, 1.54) is 32.1 Å². The lowest BCUT2D eigenvalue weighted by Crippen LogP contribution is -2.13. The Morgan fingerprint density at radius 1 is 0.700 bits per heavy atom. The molecule has 1 aliphatic heterocycles. The molecule has 0 aromatic heterocycles. The first-order valence-electron chi connectivity index (χ1n) is 11.5. The molecule has 0 fully saturated rings. The predicted octanol–water partition coefficient (Wildman–Crippen LogP) is 4.83. The molecule has 0 saturated heterocycles. The van der Waals surface area contributed by atoms with Gasteiger partial charge in [0.05, 0.1) is 39.6 Å². The highest BCUT2D eigenvalue weighted by atomic mass is 16.6. The zero-order valence-corrected chi connectivity index (χ0v) is 18.5. The summed E-state index contributed by atoms with van der Waals surface area (Å²) < 4.78 is 28.1. The van der Waals surface area contributed by atoms with E-state index >= 15 is 0 Å². The Bertz CT molecular complexity index is 589. The molecule has 0 unspecified atom stereocenters. The van der Waals surface area contributed by atoms with Crippen LogP contribution in [0, 0.1) is 0 Å². The third kappa shape index (κ3) is 10.4. The van der Waals surface area contributed by atoms with Crippen LogP contribution in [-0.2, 0) is 14.2 Å². The summed E-state index contributed by atoms with van der Waals surface area (Å²) in [4.78, 5) is 12.6. The Labute approximate surface area is 181 Å². The molecule has 0 amide bonds. The van der Waals surface area contributed by atoms with E-state index in [1.54, 1.807) is 6.07 Å². The van der Waals surface area contributed by atoms with Crippen LogP contribution in [0.25, 0.3) is 0 Å². The summed E-state index contributed by atoms with van der Waals surface area (Å²) >= 11 is 0. The third-order valence-electron chi connectivity index (χ3n) is 4.99. The lowest BCUT2D eigenvalue weighted by Gasteiger charge is -2.14. The van der Waals surface area contributed by atoms with Crippen molar-refractivity contribution in [3.8, 4) is 11.5 Å². The Morgan fingerprint density at radius 2 is 1.23 bits per heavy atom. The molecule has 0 saturated carbocycles. The highest BCUT2D eigenvalue weighted by Crippen LogP contribution is 2.29. The normalized spacial score (nSPS) is 16.4. The van der Waals surface area contributed by atoms with E-state index in [0.717, 1.165) is 12.8 Å². The van der Waals surface area contributed by atoms with E-state index in [4.69, 9.17) is 23.7 Å². The molecule has 0 spiro atoms. The maximum atomic E-state index is 12.6. The molecule has 30 heavy (non-hydrogen) atoms. The van der Waals surface area contributed by atoms with Crippen LogP contribution in [0.1, 0.15) is 68.6 Å². The van der Waals surface area contributed by atoms with Gasteiger partial charge in [-0.15, -0.1) is 0 Å². The molecule has 1 aromatic carbocycles. The van der Waals surface area contributed by atoms with Crippen LogP contribution in [0.5, 0.6) is 11.5 Å². The number of fused-ring (bicyclic) bond motifs is 1. The molecule has 2 rings (SSSR count). The fourth-order valence-corrected chi connectivity index (χ4v) is 3.26. The maximum absolute atomic E-state index is 12.6. The molecule has 0 N–H and O–H groups in total. The molecule has 0 atom stereocenters. The first-order valence-corrected chi connectivity index (χ1v) is 11.5. The van der Waals surface area contributed by atoms with Gasteiger partial charge in [0.25, 0.3) is 0 Å². The van der Waals surface area contributed by atoms with Crippen LogP contribution in [0.3, 0.4) is 0 Å². The summed E-state index contributed by atoms with van der Waals surface area (Å²) in [5, 5.41) is 0. The summed E-state index contributed by atoms with van der Waals surface area (Å²) in [6.07, 6.45) is 8.97. The van der Waals surface area contributed by atoms with Crippen molar-refractivity contribution in [1.82, 2.24) is 0 Å². The number of carbonyl (C=O) groups is 1. The van der Waals surface area contributed by atoms with E-state index in [2.05, 4.69) is 6.92 Å². The minimum absolute atomic E-state index is 0.155. The second-order valence-electron chi connectivity index (χ2n) is 7.49. The van der Waals surface area contributed by atoms with Gasteiger partial charge >= 0.3 is 0 Å². The fourth-order valence-electron chi connectivity index (χ4n) is 3.26. The van der Waals surface area contributed by atoms with Crippen molar-refractivity contribution in [1.29, 1.82) is 0 Å². The van der Waals surface area contributed by atoms with Gasteiger partial charge in [0.2, 0.25) is 0 Å². The first kappa shape index (κ1) is 24.6. The van der Waals surface area contributed by atoms with Gasteiger partial charge in [-0.05, 0) is 24.6 Å². The molecular formula is C24H38O6. The van der Waals surface area contributed by atoms with E-state index in [-0.39, 0.29) is 5.78 Å². The third-order valence-corrected chi connectivity index (χ3v) is 4.99. The number of hydrogen-bond acceptors (Lipinski definition) is 6. The van der Waals surface area contributed by atoms with Gasteiger partial charge in [-0.25, -0.2) is 0 Å². The number of hydrogen-bond donors (Lipinski definition) is 0. The zero-order valence-electron chi connectivity index (χ0n) is 18.5. The van der Waals surface area contributed by atoms with Crippen molar-refractivity contribution in [2.45, 2.75) is 58.3 Å². The molecule has 0 bridgehead atoms. The summed E-state index contributed by atoms with van der Waals surface area (Å²) in [6.45, 7) is 6.08. The summed E-state index contributed by atoms with van der Waals surface area (Å²) in [6, 6.07) is 5.43. The standard InChI is InChI=1S/C24H38O6/c1-2-3-4-5-6-7-8-9-22(25)21-10-11-23-24(20-21)30-19-17-28-15-13-26-12-14-27-16-18-29-23/h10-11,20H,2-9,12-19H2,1H3. The van der Waals surface area contributed by atoms with E-state index in [0.29, 0.717) is 76.3 Å². The Kier molecular flexibility index (Phi) is 13.2. The Balaban J connectivity index is 1.85. The number of benzene rings is 1. The van der Waals surface area contributed by atoms with E-state index in [9.17, 15) is 4.79 Å². The topological polar surface area (TPSA) is 63.2 Å². The minimum atomic E-state index is 0.155. The van der Waals surface area contributed by atoms with Crippen molar-refractivity contribution < 1.29 is 28.5 Å². The number of unbranched alkanes of at least 4 members (excludes halogenated alkanes) is 6. The quantitative estimate of drug-likeness (QED) is 0.419. The predicted molar refractivity (Wildman–Crippen MR) is 117 cm³/mol. The summed E-state index contributed by atoms with van der Waals surface area (Å²) in [5.74, 6) is 1.36. The van der Waals surface area contributed by atoms with Crippen molar-refractivity contribution in [2.24, 2.45) is 0 Å². The average Bonchev–Trinajstić information content (AvgIpc) is 2.77. The van der Waals surface area contributed by atoms with Gasteiger partial charge in [-0.2, -0.15) is 0 Å². The number of ether oxygens (including phenoxy) is 5. The number of Topliss-reactive ketones (excluding diaryl/α,β-unsaturated/α-hetero) is 1. The van der Waals surface area contributed by atoms with Crippen LogP contribution < -0.4 is 9.47 Å². The van der Waals surface area contributed by atoms with Crippen LogP contribution in [-0.4, -0.2) is 58.6 Å². The number of ketones is 1. The first-order chi connectivity index (χ1) is 14.8. The zero-order chi connectivity index (χ0) is 21.3. The van der Waals surface area contributed by atoms with Gasteiger partial charge in [-0.3, -0.25) is 4.79 Å². The van der Waals surface area contributed by atoms with E-state index in [1.807, 2.05) is 12.1 Å². The smallest absolute Gasteiger partial charge is 0.163 e. The van der Waals surface area contributed by atoms with Crippen molar-refractivity contribution in [3.63, 3.8) is 0 Å².